The average Bonchev–Trinajstić information content (AvgIpc) is 2.90. The van der Waals surface area contributed by atoms with Gasteiger partial charge in [0.25, 0.3) is 5.91 Å². The number of hydrogen-bond donors (Lipinski definition) is 1. The van der Waals surface area contributed by atoms with Gasteiger partial charge in [-0.15, -0.1) is 11.3 Å². The van der Waals surface area contributed by atoms with E-state index in [1.807, 2.05) is 27.9 Å². The van der Waals surface area contributed by atoms with Gasteiger partial charge in [-0.3, -0.25) is 10.1 Å². The summed E-state index contributed by atoms with van der Waals surface area (Å²) in [6.07, 6.45) is 1.64. The summed E-state index contributed by atoms with van der Waals surface area (Å²) >= 11 is 1.37. The molecule has 1 N–H and O–H groups in total. The van der Waals surface area contributed by atoms with Crippen LogP contribution < -0.4 is 10.2 Å². The van der Waals surface area contributed by atoms with E-state index in [2.05, 4.69) is 20.3 Å². The zero-order chi connectivity index (χ0) is 14.7. The van der Waals surface area contributed by atoms with Crippen LogP contribution in [0.4, 0.5) is 11.1 Å². The first-order chi connectivity index (χ1) is 9.47. The molecule has 0 fully saturated rings. The molecule has 0 saturated heterocycles. The van der Waals surface area contributed by atoms with Crippen molar-refractivity contribution in [2.45, 2.75) is 19.8 Å². The van der Waals surface area contributed by atoms with Crippen LogP contribution in [-0.2, 0) is 0 Å². The van der Waals surface area contributed by atoms with Gasteiger partial charge in [-0.1, -0.05) is 13.8 Å². The lowest BCUT2D eigenvalue weighted by Gasteiger charge is -2.14. The van der Waals surface area contributed by atoms with Crippen LogP contribution in [0.5, 0.6) is 0 Å². The molecule has 7 heteroatoms. The molecule has 0 aliphatic rings. The van der Waals surface area contributed by atoms with Crippen LogP contribution in [0.25, 0.3) is 0 Å². The highest BCUT2D eigenvalue weighted by molar-refractivity contribution is 7.13. The molecule has 0 saturated carbocycles. The number of rotatable bonds is 4. The maximum Gasteiger partial charge on any atom is 0.276 e. The monoisotopic (exact) mass is 291 g/mol. The molecule has 2 aromatic rings. The fourth-order valence-electron chi connectivity index (χ4n) is 1.51. The number of carbonyl (C=O) groups excluding carboxylic acids is 1. The van der Waals surface area contributed by atoms with Crippen LogP contribution in [0, 0.1) is 0 Å². The van der Waals surface area contributed by atoms with Gasteiger partial charge < -0.3 is 4.90 Å². The molecule has 2 aromatic heterocycles. The quantitative estimate of drug-likeness (QED) is 0.936. The minimum Gasteiger partial charge on any atom is -0.347 e. The van der Waals surface area contributed by atoms with E-state index in [9.17, 15) is 4.79 Å². The van der Waals surface area contributed by atoms with Gasteiger partial charge in [0.1, 0.15) is 5.69 Å². The second-order valence-electron chi connectivity index (χ2n) is 4.82. The van der Waals surface area contributed by atoms with E-state index >= 15 is 0 Å². The maximum absolute atomic E-state index is 12.2. The Morgan fingerprint density at radius 2 is 2.10 bits per heavy atom. The van der Waals surface area contributed by atoms with Gasteiger partial charge in [0.2, 0.25) is 5.95 Å². The van der Waals surface area contributed by atoms with Crippen molar-refractivity contribution >= 4 is 28.3 Å². The summed E-state index contributed by atoms with van der Waals surface area (Å²) in [4.78, 5) is 26.7. The fraction of sp³-hybridized carbons (Fsp3) is 0.385. The van der Waals surface area contributed by atoms with Gasteiger partial charge in [0.15, 0.2) is 5.13 Å². The van der Waals surface area contributed by atoms with Crippen molar-refractivity contribution in [1.82, 2.24) is 15.0 Å². The third kappa shape index (κ3) is 3.30. The lowest BCUT2D eigenvalue weighted by Crippen LogP contribution is -2.19. The van der Waals surface area contributed by atoms with E-state index in [1.54, 1.807) is 22.5 Å². The standard InChI is InChI=1S/C13H17N5OS/c1-8(2)9-7-10(16-12(15-9)18(3)4)11(19)17-13-14-5-6-20-13/h5-8H,1-4H3,(H,14,17,19). The van der Waals surface area contributed by atoms with Gasteiger partial charge in [-0.25, -0.2) is 15.0 Å². The second-order valence-corrected chi connectivity index (χ2v) is 5.71. The predicted molar refractivity (Wildman–Crippen MR) is 80.5 cm³/mol. The summed E-state index contributed by atoms with van der Waals surface area (Å²) in [5, 5.41) is 5.10. The summed E-state index contributed by atoms with van der Waals surface area (Å²) in [5.41, 5.74) is 1.19. The van der Waals surface area contributed by atoms with Crippen molar-refractivity contribution in [3.63, 3.8) is 0 Å². The van der Waals surface area contributed by atoms with E-state index in [-0.39, 0.29) is 11.8 Å². The Morgan fingerprint density at radius 1 is 1.35 bits per heavy atom. The van der Waals surface area contributed by atoms with E-state index in [1.165, 1.54) is 11.3 Å². The van der Waals surface area contributed by atoms with Crippen molar-refractivity contribution in [2.75, 3.05) is 24.3 Å². The van der Waals surface area contributed by atoms with Gasteiger partial charge in [-0.05, 0) is 12.0 Å². The summed E-state index contributed by atoms with van der Waals surface area (Å²) in [7, 11) is 3.70. The van der Waals surface area contributed by atoms with Crippen molar-refractivity contribution in [1.29, 1.82) is 0 Å². The van der Waals surface area contributed by atoms with Gasteiger partial charge in [0, 0.05) is 31.4 Å². The first-order valence-corrected chi connectivity index (χ1v) is 7.12. The number of aromatic nitrogens is 3. The number of anilines is 2. The molecule has 0 aliphatic carbocycles. The van der Waals surface area contributed by atoms with Crippen molar-refractivity contribution < 1.29 is 4.79 Å². The first-order valence-electron chi connectivity index (χ1n) is 6.24. The maximum atomic E-state index is 12.2. The molecule has 0 aliphatic heterocycles. The molecule has 106 valence electrons. The molecule has 0 bridgehead atoms. The zero-order valence-corrected chi connectivity index (χ0v) is 12.7. The lowest BCUT2D eigenvalue weighted by molar-refractivity contribution is 0.102. The Morgan fingerprint density at radius 3 is 2.65 bits per heavy atom. The number of hydrogen-bond acceptors (Lipinski definition) is 6. The highest BCUT2D eigenvalue weighted by Crippen LogP contribution is 2.18. The smallest absolute Gasteiger partial charge is 0.276 e. The molecular formula is C13H17N5OS. The summed E-state index contributed by atoms with van der Waals surface area (Å²) in [5.74, 6) is 0.482. The highest BCUT2D eigenvalue weighted by Gasteiger charge is 2.15. The summed E-state index contributed by atoms with van der Waals surface area (Å²) < 4.78 is 0. The third-order valence-corrected chi connectivity index (χ3v) is 3.30. The fourth-order valence-corrected chi connectivity index (χ4v) is 2.04. The Hall–Kier alpha value is -2.02. The number of nitrogens with one attached hydrogen (secondary N) is 1. The molecule has 0 aromatic carbocycles. The summed E-state index contributed by atoms with van der Waals surface area (Å²) in [6, 6.07) is 1.72. The number of carbonyl (C=O) groups is 1. The largest absolute Gasteiger partial charge is 0.347 e. The van der Waals surface area contributed by atoms with E-state index in [0.717, 1.165) is 5.69 Å². The second kappa shape index (κ2) is 5.96. The Bertz CT molecular complexity index is 569. The molecule has 2 rings (SSSR count). The van der Waals surface area contributed by atoms with E-state index < -0.39 is 0 Å². The van der Waals surface area contributed by atoms with E-state index in [4.69, 9.17) is 0 Å². The van der Waals surface area contributed by atoms with Gasteiger partial charge in [-0.2, -0.15) is 0 Å². The van der Waals surface area contributed by atoms with Crippen molar-refractivity contribution in [3.8, 4) is 0 Å². The van der Waals surface area contributed by atoms with Crippen LogP contribution in [0.2, 0.25) is 0 Å². The summed E-state index contributed by atoms with van der Waals surface area (Å²) in [6.45, 7) is 4.06. The molecule has 6 nitrogen and oxygen atoms in total. The normalized spacial score (nSPS) is 10.7. The predicted octanol–water partition coefficient (Wildman–Crippen LogP) is 2.37. The zero-order valence-electron chi connectivity index (χ0n) is 11.9. The van der Waals surface area contributed by atoms with E-state index in [0.29, 0.717) is 16.8 Å². The van der Waals surface area contributed by atoms with Crippen molar-refractivity contribution in [2.24, 2.45) is 0 Å². The topological polar surface area (TPSA) is 71.0 Å². The Labute approximate surface area is 121 Å². The lowest BCUT2D eigenvalue weighted by atomic mass is 10.1. The number of amides is 1. The van der Waals surface area contributed by atoms with Crippen LogP contribution in [0.15, 0.2) is 17.6 Å². The highest BCUT2D eigenvalue weighted by atomic mass is 32.1. The molecule has 0 spiro atoms. The van der Waals surface area contributed by atoms with Gasteiger partial charge >= 0.3 is 0 Å². The van der Waals surface area contributed by atoms with Crippen LogP contribution >= 0.6 is 11.3 Å². The van der Waals surface area contributed by atoms with Crippen LogP contribution in [0.3, 0.4) is 0 Å². The first kappa shape index (κ1) is 14.4. The molecule has 0 radical (unpaired) electrons. The van der Waals surface area contributed by atoms with Gasteiger partial charge in [0.05, 0.1) is 0 Å². The minimum atomic E-state index is -0.271. The molecule has 0 unspecified atom stereocenters. The van der Waals surface area contributed by atoms with Crippen LogP contribution in [-0.4, -0.2) is 35.0 Å². The number of nitrogens with zero attached hydrogens (tertiary/aromatic N) is 4. The SMILES string of the molecule is CC(C)c1cc(C(=O)Nc2nccs2)nc(N(C)C)n1. The minimum absolute atomic E-state index is 0.225. The number of thiazole rings is 1. The Kier molecular flexibility index (Phi) is 4.29. The van der Waals surface area contributed by atoms with Crippen LogP contribution in [0.1, 0.15) is 35.9 Å². The molecule has 0 atom stereocenters. The van der Waals surface area contributed by atoms with Crippen molar-refractivity contribution in [3.05, 3.63) is 29.0 Å². The third-order valence-electron chi connectivity index (χ3n) is 2.61. The molecule has 20 heavy (non-hydrogen) atoms. The Balaban J connectivity index is 2.32. The molecular weight excluding hydrogens is 274 g/mol. The molecule has 1 amide bonds. The molecule has 2 heterocycles. The average molecular weight is 291 g/mol.